The predicted octanol–water partition coefficient (Wildman–Crippen LogP) is 4.61. The van der Waals surface area contributed by atoms with Gasteiger partial charge < -0.3 is 19.4 Å². The van der Waals surface area contributed by atoms with Gasteiger partial charge in [0, 0.05) is 18.2 Å². The van der Waals surface area contributed by atoms with Gasteiger partial charge in [-0.25, -0.2) is 4.39 Å². The molecule has 41 heavy (non-hydrogen) atoms. The molecule has 1 N–H and O–H groups in total. The Labute approximate surface area is 237 Å². The van der Waals surface area contributed by atoms with E-state index in [1.165, 1.54) is 21.8 Å². The summed E-state index contributed by atoms with van der Waals surface area (Å²) in [5, 5.41) is 15.7. The van der Waals surface area contributed by atoms with Crippen LogP contribution in [0.2, 0.25) is 0 Å². The Morgan fingerprint density at radius 3 is 2.46 bits per heavy atom. The minimum atomic E-state index is -1.05. The van der Waals surface area contributed by atoms with Crippen molar-refractivity contribution < 1.29 is 23.1 Å². The molecule has 214 valence electrons. The second kappa shape index (κ2) is 12.8. The fourth-order valence-corrected chi connectivity index (χ4v) is 5.04. The number of nitrogens with one attached hydrogen (secondary N) is 1. The van der Waals surface area contributed by atoms with Crippen LogP contribution in [0.25, 0.3) is 11.4 Å². The Balaban J connectivity index is 1.44. The van der Waals surface area contributed by atoms with Gasteiger partial charge in [0.05, 0.1) is 7.11 Å². The van der Waals surface area contributed by atoms with Crippen molar-refractivity contribution in [2.75, 3.05) is 7.11 Å². The Morgan fingerprint density at radius 1 is 1.07 bits per heavy atom. The zero-order valence-corrected chi connectivity index (χ0v) is 23.1. The Kier molecular flexibility index (Phi) is 8.71. The van der Waals surface area contributed by atoms with Gasteiger partial charge in [-0.1, -0.05) is 31.4 Å². The molecular formula is C30H33FN6O4. The predicted molar refractivity (Wildman–Crippen MR) is 148 cm³/mol. The van der Waals surface area contributed by atoms with E-state index in [9.17, 15) is 14.0 Å². The highest BCUT2D eigenvalue weighted by Gasteiger charge is 2.35. The lowest BCUT2D eigenvalue weighted by Gasteiger charge is -2.32. The number of methoxy groups -OCH3 is 1. The van der Waals surface area contributed by atoms with E-state index in [1.807, 2.05) is 0 Å². The van der Waals surface area contributed by atoms with Crippen molar-refractivity contribution >= 4 is 11.8 Å². The maximum absolute atomic E-state index is 13.9. The second-order valence-corrected chi connectivity index (χ2v) is 10.2. The van der Waals surface area contributed by atoms with E-state index < -0.39 is 17.8 Å². The summed E-state index contributed by atoms with van der Waals surface area (Å²) in [6, 6.07) is 15.5. The third kappa shape index (κ3) is 6.97. The number of carbonyl (C=O) groups is 2. The Bertz CT molecular complexity index is 1460. The lowest BCUT2D eigenvalue weighted by atomic mass is 9.95. The summed E-state index contributed by atoms with van der Waals surface area (Å²) < 4.78 is 24.8. The molecule has 5 rings (SSSR count). The smallest absolute Gasteiger partial charge is 0.250 e. The third-order valence-corrected chi connectivity index (χ3v) is 7.21. The molecule has 2 heterocycles. The minimum Gasteiger partial charge on any atom is -0.497 e. The highest BCUT2D eigenvalue weighted by atomic mass is 19.1. The molecule has 1 aliphatic rings. The van der Waals surface area contributed by atoms with Crippen molar-refractivity contribution in [3.8, 4) is 17.1 Å². The molecule has 2 aromatic heterocycles. The fraction of sp³-hybridized carbons (Fsp3) is 0.367. The first-order valence-electron chi connectivity index (χ1n) is 13.7. The molecule has 11 heteroatoms. The third-order valence-electron chi connectivity index (χ3n) is 7.21. The fourth-order valence-electron chi connectivity index (χ4n) is 5.04. The molecule has 1 atom stereocenters. The average molecular weight is 561 g/mol. The van der Waals surface area contributed by atoms with Crippen molar-refractivity contribution in [2.45, 2.75) is 64.2 Å². The van der Waals surface area contributed by atoms with Gasteiger partial charge in [0.1, 0.15) is 29.6 Å². The molecule has 0 aliphatic heterocycles. The number of hydrogen-bond donors (Lipinski definition) is 1. The molecule has 1 aliphatic carbocycles. The number of aryl methyl sites for hydroxylation is 1. The van der Waals surface area contributed by atoms with E-state index in [2.05, 4.69) is 20.7 Å². The summed E-state index contributed by atoms with van der Waals surface area (Å²) in [4.78, 5) is 30.4. The van der Waals surface area contributed by atoms with E-state index in [4.69, 9.17) is 9.15 Å². The van der Waals surface area contributed by atoms with Crippen molar-refractivity contribution in [2.24, 2.45) is 0 Å². The van der Waals surface area contributed by atoms with Crippen LogP contribution in [0.1, 0.15) is 55.2 Å². The van der Waals surface area contributed by atoms with Crippen molar-refractivity contribution in [3.05, 3.63) is 83.6 Å². The molecule has 0 radical (unpaired) electrons. The summed E-state index contributed by atoms with van der Waals surface area (Å²) in [6.07, 6.45) is 5.01. The van der Waals surface area contributed by atoms with E-state index in [0.717, 1.165) is 32.1 Å². The lowest BCUT2D eigenvalue weighted by molar-refractivity contribution is -0.143. The molecule has 2 amide bonds. The van der Waals surface area contributed by atoms with Crippen LogP contribution in [0.5, 0.6) is 5.75 Å². The molecule has 0 spiro atoms. The van der Waals surface area contributed by atoms with Gasteiger partial charge in [0.25, 0.3) is 5.91 Å². The van der Waals surface area contributed by atoms with Crippen molar-refractivity contribution in [3.63, 3.8) is 0 Å². The zero-order chi connectivity index (χ0) is 28.8. The number of benzene rings is 2. The quantitative estimate of drug-likeness (QED) is 0.301. The Morgan fingerprint density at radius 2 is 1.80 bits per heavy atom. The largest absolute Gasteiger partial charge is 0.497 e. The van der Waals surface area contributed by atoms with Gasteiger partial charge >= 0.3 is 0 Å². The van der Waals surface area contributed by atoms with Crippen LogP contribution in [0.3, 0.4) is 0 Å². The van der Waals surface area contributed by atoms with Crippen LogP contribution in [0.15, 0.2) is 65.1 Å². The molecule has 1 fully saturated rings. The average Bonchev–Trinajstić information content (AvgIpc) is 3.63. The summed E-state index contributed by atoms with van der Waals surface area (Å²) in [6.45, 7) is 1.56. The maximum Gasteiger partial charge on any atom is 0.250 e. The molecule has 1 saturated carbocycles. The first kappa shape index (κ1) is 28.0. The molecule has 1 unspecified atom stereocenters. The molecular weight excluding hydrogens is 527 g/mol. The summed E-state index contributed by atoms with van der Waals surface area (Å²) >= 11 is 0. The number of amides is 2. The number of hydrogen-bond acceptors (Lipinski definition) is 7. The zero-order valence-electron chi connectivity index (χ0n) is 23.1. The van der Waals surface area contributed by atoms with Gasteiger partial charge in [0.15, 0.2) is 6.04 Å². The first-order chi connectivity index (χ1) is 19.9. The standard InChI is InChI=1S/C30H33FN6O4/c1-20-8-17-26(41-20)28(30(39)32-24-6-4-3-5-7-24)36(18-21-9-13-23(31)14-10-21)27(38)19-37-34-29(33-35-37)22-11-15-25(40-2)16-12-22/h8-17,24,28H,3-7,18-19H2,1-2H3,(H,32,39). The normalized spacial score (nSPS) is 14.4. The van der Waals surface area contributed by atoms with Gasteiger partial charge in [-0.15, -0.1) is 10.2 Å². The van der Waals surface area contributed by atoms with Crippen LogP contribution in [-0.2, 0) is 22.7 Å². The second-order valence-electron chi connectivity index (χ2n) is 10.2. The molecule has 0 bridgehead atoms. The summed E-state index contributed by atoms with van der Waals surface area (Å²) in [5.74, 6) is 0.858. The summed E-state index contributed by atoms with van der Waals surface area (Å²) in [5.41, 5.74) is 1.37. The van der Waals surface area contributed by atoms with Crippen LogP contribution >= 0.6 is 0 Å². The van der Waals surface area contributed by atoms with Gasteiger partial charge in [0.2, 0.25) is 11.7 Å². The molecule has 4 aromatic rings. The van der Waals surface area contributed by atoms with E-state index >= 15 is 0 Å². The number of ether oxygens (including phenoxy) is 1. The lowest BCUT2D eigenvalue weighted by Crippen LogP contribution is -2.47. The van der Waals surface area contributed by atoms with Gasteiger partial charge in [-0.05, 0) is 79.1 Å². The number of furan rings is 1. The molecule has 2 aromatic carbocycles. The monoisotopic (exact) mass is 560 g/mol. The minimum absolute atomic E-state index is 0.0293. The van der Waals surface area contributed by atoms with Crippen LogP contribution < -0.4 is 10.1 Å². The van der Waals surface area contributed by atoms with Crippen molar-refractivity contribution in [1.82, 2.24) is 30.4 Å². The number of nitrogens with zero attached hydrogens (tertiary/aromatic N) is 5. The van der Waals surface area contributed by atoms with Crippen LogP contribution in [-0.4, -0.2) is 50.1 Å². The number of carbonyl (C=O) groups excluding carboxylic acids is 2. The van der Waals surface area contributed by atoms with E-state index in [-0.39, 0.29) is 25.0 Å². The maximum atomic E-state index is 13.9. The highest BCUT2D eigenvalue weighted by Crippen LogP contribution is 2.28. The molecule has 10 nitrogen and oxygen atoms in total. The van der Waals surface area contributed by atoms with Gasteiger partial charge in [-0.2, -0.15) is 4.80 Å². The Hall–Kier alpha value is -4.54. The summed E-state index contributed by atoms with van der Waals surface area (Å²) in [7, 11) is 1.58. The highest BCUT2D eigenvalue weighted by molar-refractivity contribution is 5.88. The number of rotatable bonds is 10. The SMILES string of the molecule is COc1ccc(-c2nnn(CC(=O)N(Cc3ccc(F)cc3)C(C(=O)NC3CCCCC3)c3ccc(C)o3)n2)cc1. The number of tetrazole rings is 1. The molecule has 0 saturated heterocycles. The van der Waals surface area contributed by atoms with E-state index in [0.29, 0.717) is 34.2 Å². The van der Waals surface area contributed by atoms with Gasteiger partial charge in [-0.3, -0.25) is 9.59 Å². The van der Waals surface area contributed by atoms with Crippen molar-refractivity contribution in [1.29, 1.82) is 0 Å². The van der Waals surface area contributed by atoms with Crippen LogP contribution in [0, 0.1) is 12.7 Å². The topological polar surface area (TPSA) is 115 Å². The number of aromatic nitrogens is 4. The number of halogens is 1. The first-order valence-corrected chi connectivity index (χ1v) is 13.7. The van der Waals surface area contributed by atoms with E-state index in [1.54, 1.807) is 62.6 Å². The van der Waals surface area contributed by atoms with Crippen LogP contribution in [0.4, 0.5) is 4.39 Å².